The highest BCUT2D eigenvalue weighted by Crippen LogP contribution is 2.33. The topological polar surface area (TPSA) is 23.8 Å². The quantitative estimate of drug-likeness (QED) is 0.601. The van der Waals surface area contributed by atoms with Crippen LogP contribution in [0.15, 0.2) is 36.4 Å². The number of benzene rings is 1. The lowest BCUT2D eigenvalue weighted by Gasteiger charge is -2.28. The second kappa shape index (κ2) is 9.41. The molecule has 2 rings (SSSR count). The minimum Gasteiger partial charge on any atom is -0.247 e. The summed E-state index contributed by atoms with van der Waals surface area (Å²) in [5.41, 5.74) is 2.09. The van der Waals surface area contributed by atoms with Gasteiger partial charge in [-0.1, -0.05) is 50.0 Å². The summed E-state index contributed by atoms with van der Waals surface area (Å²) in [5, 5.41) is 8.81. The summed E-state index contributed by atoms with van der Waals surface area (Å²) in [6.07, 6.45) is 13.6. The SMILES string of the molecule is N#Cc1ccc(CC[C@H]2CC[C@H](CC/C=C/CF)CC2)cc1. The summed E-state index contributed by atoms with van der Waals surface area (Å²) in [4.78, 5) is 0. The van der Waals surface area contributed by atoms with Crippen LogP contribution in [0, 0.1) is 23.2 Å². The van der Waals surface area contributed by atoms with Crippen molar-refractivity contribution in [1.82, 2.24) is 0 Å². The molecule has 0 spiro atoms. The molecule has 0 bridgehead atoms. The summed E-state index contributed by atoms with van der Waals surface area (Å²) >= 11 is 0. The van der Waals surface area contributed by atoms with Gasteiger partial charge in [-0.2, -0.15) is 5.26 Å². The minimum atomic E-state index is -0.331. The van der Waals surface area contributed by atoms with Crippen LogP contribution in [0.25, 0.3) is 0 Å². The first-order chi connectivity index (χ1) is 10.8. The smallest absolute Gasteiger partial charge is 0.108 e. The number of hydrogen-bond donors (Lipinski definition) is 0. The van der Waals surface area contributed by atoms with Crippen LogP contribution in [0.4, 0.5) is 4.39 Å². The fourth-order valence-electron chi connectivity index (χ4n) is 3.44. The largest absolute Gasteiger partial charge is 0.247 e. The fraction of sp³-hybridized carbons (Fsp3) is 0.550. The monoisotopic (exact) mass is 299 g/mol. The van der Waals surface area contributed by atoms with Crippen molar-refractivity contribution in [1.29, 1.82) is 5.26 Å². The van der Waals surface area contributed by atoms with Crippen molar-refractivity contribution < 1.29 is 4.39 Å². The van der Waals surface area contributed by atoms with Crippen LogP contribution in [-0.2, 0) is 6.42 Å². The van der Waals surface area contributed by atoms with E-state index in [4.69, 9.17) is 5.26 Å². The van der Waals surface area contributed by atoms with E-state index in [2.05, 4.69) is 18.2 Å². The van der Waals surface area contributed by atoms with Gasteiger partial charge < -0.3 is 0 Å². The Balaban J connectivity index is 1.64. The maximum absolute atomic E-state index is 12.0. The lowest BCUT2D eigenvalue weighted by Crippen LogP contribution is -2.15. The summed E-state index contributed by atoms with van der Waals surface area (Å²) < 4.78 is 12.0. The summed E-state index contributed by atoms with van der Waals surface area (Å²) in [5.74, 6) is 1.70. The van der Waals surface area contributed by atoms with Gasteiger partial charge in [0.25, 0.3) is 0 Å². The Morgan fingerprint density at radius 1 is 1.00 bits per heavy atom. The molecule has 0 saturated heterocycles. The Hall–Kier alpha value is -1.62. The minimum absolute atomic E-state index is 0.331. The van der Waals surface area contributed by atoms with Crippen LogP contribution in [-0.4, -0.2) is 6.67 Å². The molecule has 118 valence electrons. The van der Waals surface area contributed by atoms with E-state index in [-0.39, 0.29) is 6.67 Å². The van der Waals surface area contributed by atoms with Crippen molar-refractivity contribution >= 4 is 0 Å². The number of alkyl halides is 1. The highest BCUT2D eigenvalue weighted by molar-refractivity contribution is 5.31. The maximum atomic E-state index is 12.0. The summed E-state index contributed by atoms with van der Waals surface area (Å²) in [6, 6.07) is 10.2. The zero-order valence-electron chi connectivity index (χ0n) is 13.3. The molecule has 0 aromatic heterocycles. The van der Waals surface area contributed by atoms with Gasteiger partial charge in [0.15, 0.2) is 0 Å². The molecule has 1 saturated carbocycles. The van der Waals surface area contributed by atoms with Crippen LogP contribution in [0.2, 0.25) is 0 Å². The second-order valence-electron chi connectivity index (χ2n) is 6.44. The van der Waals surface area contributed by atoms with E-state index < -0.39 is 0 Å². The van der Waals surface area contributed by atoms with Crippen LogP contribution in [0.3, 0.4) is 0 Å². The predicted octanol–water partition coefficient (Wildman–Crippen LogP) is 5.60. The Kier molecular flexibility index (Phi) is 7.16. The molecule has 1 aromatic carbocycles. The number of allylic oxidation sites excluding steroid dienone is 2. The lowest BCUT2D eigenvalue weighted by atomic mass is 9.78. The zero-order valence-corrected chi connectivity index (χ0v) is 13.3. The van der Waals surface area contributed by atoms with E-state index in [9.17, 15) is 4.39 Å². The van der Waals surface area contributed by atoms with Gasteiger partial charge in [-0.15, -0.1) is 0 Å². The molecule has 1 aliphatic rings. The average molecular weight is 299 g/mol. The van der Waals surface area contributed by atoms with Crippen LogP contribution in [0.5, 0.6) is 0 Å². The highest BCUT2D eigenvalue weighted by atomic mass is 19.1. The number of rotatable bonds is 7. The maximum Gasteiger partial charge on any atom is 0.108 e. The number of hydrogen-bond acceptors (Lipinski definition) is 1. The van der Waals surface area contributed by atoms with E-state index in [0.29, 0.717) is 0 Å². The van der Waals surface area contributed by atoms with E-state index in [1.807, 2.05) is 18.2 Å². The first-order valence-corrected chi connectivity index (χ1v) is 8.52. The van der Waals surface area contributed by atoms with E-state index in [1.165, 1.54) is 44.1 Å². The number of nitriles is 1. The molecule has 2 heteroatoms. The molecule has 0 radical (unpaired) electrons. The highest BCUT2D eigenvalue weighted by Gasteiger charge is 2.20. The standard InChI is InChI=1S/C20H26FN/c21-15-3-1-2-4-17-5-7-18(8-6-17)9-10-19-11-13-20(16-22)14-12-19/h1,3,11-14,17-18H,2,4-10,15H2/b3-1+/t17-,18-. The fourth-order valence-corrected chi connectivity index (χ4v) is 3.44. The Bertz CT molecular complexity index is 489. The Labute approximate surface area is 133 Å². The molecule has 0 atom stereocenters. The van der Waals surface area contributed by atoms with Crippen molar-refractivity contribution in [2.75, 3.05) is 6.67 Å². The Morgan fingerprint density at radius 2 is 1.64 bits per heavy atom. The van der Waals surface area contributed by atoms with Crippen LogP contribution in [0.1, 0.15) is 56.1 Å². The van der Waals surface area contributed by atoms with Crippen LogP contribution < -0.4 is 0 Å². The lowest BCUT2D eigenvalue weighted by molar-refractivity contribution is 0.254. The molecule has 0 aliphatic heterocycles. The van der Waals surface area contributed by atoms with E-state index in [1.54, 1.807) is 6.08 Å². The Morgan fingerprint density at radius 3 is 2.23 bits per heavy atom. The normalized spacial score (nSPS) is 21.8. The van der Waals surface area contributed by atoms with Gasteiger partial charge in [0.1, 0.15) is 6.67 Å². The first-order valence-electron chi connectivity index (χ1n) is 8.52. The zero-order chi connectivity index (χ0) is 15.6. The molecule has 22 heavy (non-hydrogen) atoms. The third-order valence-electron chi connectivity index (χ3n) is 4.89. The van der Waals surface area contributed by atoms with Crippen molar-refractivity contribution in [2.45, 2.75) is 51.4 Å². The predicted molar refractivity (Wildman–Crippen MR) is 89.3 cm³/mol. The average Bonchev–Trinajstić information content (AvgIpc) is 2.58. The van der Waals surface area contributed by atoms with E-state index >= 15 is 0 Å². The van der Waals surface area contributed by atoms with Gasteiger partial charge in [0.2, 0.25) is 0 Å². The van der Waals surface area contributed by atoms with Gasteiger partial charge in [-0.25, -0.2) is 4.39 Å². The third kappa shape index (κ3) is 5.64. The summed E-state index contributed by atoms with van der Waals surface area (Å²) in [7, 11) is 0. The molecule has 0 amide bonds. The molecular weight excluding hydrogens is 273 g/mol. The number of aryl methyl sites for hydroxylation is 1. The van der Waals surface area contributed by atoms with Gasteiger partial charge in [-0.05, 0) is 55.2 Å². The third-order valence-corrected chi connectivity index (χ3v) is 4.89. The second-order valence-corrected chi connectivity index (χ2v) is 6.44. The van der Waals surface area contributed by atoms with Gasteiger partial charge in [0, 0.05) is 0 Å². The molecule has 1 aromatic rings. The van der Waals surface area contributed by atoms with Crippen LogP contribution >= 0.6 is 0 Å². The molecule has 1 nitrogen and oxygen atoms in total. The van der Waals surface area contributed by atoms with Crippen molar-refractivity contribution in [3.63, 3.8) is 0 Å². The van der Waals surface area contributed by atoms with Gasteiger partial charge in [0.05, 0.1) is 11.6 Å². The van der Waals surface area contributed by atoms with Crippen molar-refractivity contribution in [3.8, 4) is 6.07 Å². The number of halogens is 1. The van der Waals surface area contributed by atoms with Crippen molar-refractivity contribution in [3.05, 3.63) is 47.5 Å². The van der Waals surface area contributed by atoms with Crippen molar-refractivity contribution in [2.24, 2.45) is 11.8 Å². The molecular formula is C20H26FN. The molecule has 0 unspecified atom stereocenters. The summed E-state index contributed by atoms with van der Waals surface area (Å²) in [6.45, 7) is -0.331. The molecule has 1 fully saturated rings. The van der Waals surface area contributed by atoms with E-state index in [0.717, 1.165) is 30.2 Å². The molecule has 0 heterocycles. The molecule has 1 aliphatic carbocycles. The molecule has 0 N–H and O–H groups in total. The van der Waals surface area contributed by atoms with Gasteiger partial charge >= 0.3 is 0 Å². The van der Waals surface area contributed by atoms with Gasteiger partial charge in [-0.3, -0.25) is 0 Å². The number of nitrogens with zero attached hydrogens (tertiary/aromatic N) is 1. The first kappa shape index (κ1) is 16.7.